The standard InChI is InChI=1S/C17H24ClNO5/c1-11-5-7-12(8-6-11)19(10-9-18)14(21)13(20)17(24,15(22)23)16(2,3)4/h5-8,13,20,24H,9-10H2,1-4H3,(H,22,23)/t13-,17+/m0/s1. The molecule has 6 nitrogen and oxygen atoms in total. The maximum Gasteiger partial charge on any atom is 0.339 e. The molecule has 1 amide bonds. The summed E-state index contributed by atoms with van der Waals surface area (Å²) in [6.07, 6.45) is -2.14. The summed E-state index contributed by atoms with van der Waals surface area (Å²) in [6, 6.07) is 6.90. The zero-order valence-electron chi connectivity index (χ0n) is 14.3. The van der Waals surface area contributed by atoms with Crippen molar-refractivity contribution in [2.24, 2.45) is 5.41 Å². The minimum Gasteiger partial charge on any atom is -0.479 e. The summed E-state index contributed by atoms with van der Waals surface area (Å²) in [5.41, 5.74) is -2.46. The smallest absolute Gasteiger partial charge is 0.339 e. The Morgan fingerprint density at radius 3 is 2.08 bits per heavy atom. The van der Waals surface area contributed by atoms with E-state index in [9.17, 15) is 24.9 Å². The Hall–Kier alpha value is -1.63. The van der Waals surface area contributed by atoms with Crippen LogP contribution in [0.5, 0.6) is 0 Å². The minimum atomic E-state index is -2.64. The molecule has 0 radical (unpaired) electrons. The second-order valence-electron chi connectivity index (χ2n) is 6.74. The number of aliphatic hydroxyl groups is 2. The molecule has 0 aliphatic rings. The molecule has 1 aromatic carbocycles. The van der Waals surface area contributed by atoms with Crippen LogP contribution in [0.25, 0.3) is 0 Å². The zero-order valence-corrected chi connectivity index (χ0v) is 15.0. The van der Waals surface area contributed by atoms with Crippen molar-refractivity contribution in [1.82, 2.24) is 0 Å². The Balaban J connectivity index is 3.27. The zero-order chi connectivity index (χ0) is 18.7. The maximum atomic E-state index is 12.7. The molecule has 0 fully saturated rings. The molecule has 0 aliphatic carbocycles. The topological polar surface area (TPSA) is 98.1 Å². The van der Waals surface area contributed by atoms with Gasteiger partial charge in [0, 0.05) is 23.5 Å². The molecule has 0 aromatic heterocycles. The molecule has 134 valence electrons. The van der Waals surface area contributed by atoms with Gasteiger partial charge in [0.15, 0.2) is 6.10 Å². The molecule has 3 N–H and O–H groups in total. The van der Waals surface area contributed by atoms with Crippen LogP contribution in [-0.2, 0) is 9.59 Å². The predicted octanol–water partition coefficient (Wildman–Crippen LogP) is 1.79. The fourth-order valence-electron chi connectivity index (χ4n) is 2.35. The van der Waals surface area contributed by atoms with E-state index in [0.717, 1.165) is 5.56 Å². The van der Waals surface area contributed by atoms with Crippen molar-refractivity contribution in [3.05, 3.63) is 29.8 Å². The fourth-order valence-corrected chi connectivity index (χ4v) is 2.52. The molecule has 0 bridgehead atoms. The van der Waals surface area contributed by atoms with Crippen molar-refractivity contribution in [1.29, 1.82) is 0 Å². The Morgan fingerprint density at radius 2 is 1.71 bits per heavy atom. The third kappa shape index (κ3) is 3.88. The third-order valence-electron chi connectivity index (χ3n) is 4.02. The van der Waals surface area contributed by atoms with E-state index in [2.05, 4.69) is 0 Å². The summed E-state index contributed by atoms with van der Waals surface area (Å²) in [5, 5.41) is 30.3. The number of amides is 1. The Kier molecular flexibility index (Phi) is 6.38. The van der Waals surface area contributed by atoms with E-state index in [-0.39, 0.29) is 12.4 Å². The number of aliphatic carboxylic acids is 1. The average Bonchev–Trinajstić information content (AvgIpc) is 2.50. The number of alkyl halides is 1. The van der Waals surface area contributed by atoms with Crippen LogP contribution in [0.1, 0.15) is 26.3 Å². The van der Waals surface area contributed by atoms with E-state index in [1.807, 2.05) is 6.92 Å². The van der Waals surface area contributed by atoms with E-state index in [1.54, 1.807) is 24.3 Å². The van der Waals surface area contributed by atoms with E-state index < -0.39 is 29.0 Å². The molecule has 0 saturated carbocycles. The maximum absolute atomic E-state index is 12.7. The highest BCUT2D eigenvalue weighted by molar-refractivity contribution is 6.18. The van der Waals surface area contributed by atoms with Gasteiger partial charge in [0.1, 0.15) is 0 Å². The summed E-state index contributed by atoms with van der Waals surface area (Å²) in [6.45, 7) is 6.27. The largest absolute Gasteiger partial charge is 0.479 e. The van der Waals surface area contributed by atoms with Gasteiger partial charge in [-0.15, -0.1) is 11.6 Å². The van der Waals surface area contributed by atoms with Crippen LogP contribution in [0.4, 0.5) is 5.69 Å². The quantitative estimate of drug-likeness (QED) is 0.674. The first-order valence-corrected chi connectivity index (χ1v) is 8.08. The normalized spacial score (nSPS) is 15.5. The lowest BCUT2D eigenvalue weighted by molar-refractivity contribution is -0.194. The lowest BCUT2D eigenvalue weighted by Gasteiger charge is -2.40. The Morgan fingerprint density at radius 1 is 1.21 bits per heavy atom. The third-order valence-corrected chi connectivity index (χ3v) is 4.19. The molecular formula is C17H24ClNO5. The molecule has 1 rings (SSSR count). The first kappa shape index (κ1) is 20.4. The van der Waals surface area contributed by atoms with Gasteiger partial charge >= 0.3 is 5.97 Å². The van der Waals surface area contributed by atoms with E-state index in [1.165, 1.54) is 25.7 Å². The second-order valence-corrected chi connectivity index (χ2v) is 7.12. The van der Waals surface area contributed by atoms with Crippen molar-refractivity contribution in [2.75, 3.05) is 17.3 Å². The number of anilines is 1. The molecule has 0 spiro atoms. The van der Waals surface area contributed by atoms with Gasteiger partial charge in [0.05, 0.1) is 0 Å². The van der Waals surface area contributed by atoms with Crippen molar-refractivity contribution in [3.63, 3.8) is 0 Å². The monoisotopic (exact) mass is 357 g/mol. The summed E-state index contributed by atoms with van der Waals surface area (Å²) in [4.78, 5) is 25.5. The van der Waals surface area contributed by atoms with Crippen molar-refractivity contribution in [3.8, 4) is 0 Å². The van der Waals surface area contributed by atoms with Crippen LogP contribution in [0.15, 0.2) is 24.3 Å². The van der Waals surface area contributed by atoms with E-state index in [4.69, 9.17) is 11.6 Å². The number of rotatable bonds is 6. The number of carboxylic acid groups (broad SMARTS) is 1. The van der Waals surface area contributed by atoms with Crippen LogP contribution < -0.4 is 4.90 Å². The number of aliphatic hydroxyl groups excluding tert-OH is 1. The van der Waals surface area contributed by atoms with Gasteiger partial charge in [0.2, 0.25) is 5.60 Å². The van der Waals surface area contributed by atoms with E-state index in [0.29, 0.717) is 5.69 Å². The van der Waals surface area contributed by atoms with Crippen molar-refractivity contribution in [2.45, 2.75) is 39.4 Å². The fraction of sp³-hybridized carbons (Fsp3) is 0.529. The van der Waals surface area contributed by atoms with E-state index >= 15 is 0 Å². The molecule has 1 aromatic rings. The van der Waals surface area contributed by atoms with Crippen LogP contribution in [0.2, 0.25) is 0 Å². The van der Waals surface area contributed by atoms with Crippen LogP contribution in [0.3, 0.4) is 0 Å². The van der Waals surface area contributed by atoms with Gasteiger partial charge in [-0.3, -0.25) is 4.79 Å². The molecule has 0 heterocycles. The number of benzene rings is 1. The number of aryl methyl sites for hydroxylation is 1. The Bertz CT molecular complexity index is 596. The molecule has 0 aliphatic heterocycles. The number of carbonyl (C=O) groups excluding carboxylic acids is 1. The SMILES string of the molecule is Cc1ccc(N(CCCl)C(=O)[C@H](O)[C@@](O)(C(=O)O)C(C)(C)C)cc1. The molecule has 0 saturated heterocycles. The first-order chi connectivity index (χ1) is 11.0. The van der Waals surface area contributed by atoms with Crippen LogP contribution in [0, 0.1) is 12.3 Å². The number of nitrogens with zero attached hydrogens (tertiary/aromatic N) is 1. The Labute approximate surface area is 146 Å². The minimum absolute atomic E-state index is 0.0698. The molecule has 24 heavy (non-hydrogen) atoms. The van der Waals surface area contributed by atoms with Crippen LogP contribution >= 0.6 is 11.6 Å². The van der Waals surface area contributed by atoms with Crippen molar-refractivity contribution >= 4 is 29.2 Å². The second kappa shape index (κ2) is 7.51. The summed E-state index contributed by atoms with van der Waals surface area (Å²) in [5.74, 6) is -2.49. The lowest BCUT2D eigenvalue weighted by atomic mass is 9.72. The predicted molar refractivity (Wildman–Crippen MR) is 92.3 cm³/mol. The highest BCUT2D eigenvalue weighted by atomic mass is 35.5. The highest BCUT2D eigenvalue weighted by Crippen LogP contribution is 2.35. The number of hydrogen-bond acceptors (Lipinski definition) is 4. The summed E-state index contributed by atoms with van der Waals surface area (Å²) >= 11 is 5.74. The molecule has 0 unspecified atom stereocenters. The lowest BCUT2D eigenvalue weighted by Crippen LogP contribution is -2.63. The summed E-state index contributed by atoms with van der Waals surface area (Å²) in [7, 11) is 0. The number of halogens is 1. The number of hydrogen-bond donors (Lipinski definition) is 3. The number of carbonyl (C=O) groups is 2. The van der Waals surface area contributed by atoms with Gasteiger partial charge in [0.25, 0.3) is 5.91 Å². The van der Waals surface area contributed by atoms with Gasteiger partial charge in [-0.05, 0) is 19.1 Å². The average molecular weight is 358 g/mol. The van der Waals surface area contributed by atoms with Gasteiger partial charge in [-0.1, -0.05) is 38.5 Å². The van der Waals surface area contributed by atoms with Gasteiger partial charge < -0.3 is 20.2 Å². The van der Waals surface area contributed by atoms with Gasteiger partial charge in [-0.25, -0.2) is 4.79 Å². The van der Waals surface area contributed by atoms with Crippen molar-refractivity contribution < 1.29 is 24.9 Å². The van der Waals surface area contributed by atoms with Crippen LogP contribution in [-0.4, -0.2) is 51.3 Å². The first-order valence-electron chi connectivity index (χ1n) is 7.54. The molecule has 7 heteroatoms. The highest BCUT2D eigenvalue weighted by Gasteiger charge is 2.56. The molecule has 2 atom stereocenters. The summed E-state index contributed by atoms with van der Waals surface area (Å²) < 4.78 is 0. The number of carboxylic acids is 1. The van der Waals surface area contributed by atoms with Gasteiger partial charge in [-0.2, -0.15) is 0 Å². The molecular weight excluding hydrogens is 334 g/mol.